The third kappa shape index (κ3) is 1.85. The van der Waals surface area contributed by atoms with Crippen LogP contribution >= 0.6 is 21.6 Å². The van der Waals surface area contributed by atoms with Crippen LogP contribution in [0.2, 0.25) is 0 Å². The van der Waals surface area contributed by atoms with Gasteiger partial charge < -0.3 is 20.3 Å². The Morgan fingerprint density at radius 2 is 1.21 bits per heavy atom. The molecular weight excluding hydrogens is 220 g/mol. The maximum atomic E-state index is 5.64. The van der Waals surface area contributed by atoms with Gasteiger partial charge in [0.2, 0.25) is 0 Å². The highest BCUT2D eigenvalue weighted by Crippen LogP contribution is 2.42. The van der Waals surface area contributed by atoms with Gasteiger partial charge >= 0.3 is 0 Å². The summed E-state index contributed by atoms with van der Waals surface area (Å²) in [7, 11) is 2.97. The lowest BCUT2D eigenvalue weighted by atomic mass is 10.6. The first-order valence-electron chi connectivity index (χ1n) is 3.75. The normalized spacial score (nSPS) is 10.6. The van der Waals surface area contributed by atoms with Crippen molar-refractivity contribution in [3.05, 3.63) is 25.1 Å². The summed E-state index contributed by atoms with van der Waals surface area (Å²) in [6, 6.07) is 0. The van der Waals surface area contributed by atoms with Gasteiger partial charge in [-0.25, -0.2) is 0 Å². The second kappa shape index (κ2) is 3.93. The maximum Gasteiger partial charge on any atom is 0.114 e. The van der Waals surface area contributed by atoms with Gasteiger partial charge in [0.05, 0.1) is 21.2 Å². The Morgan fingerprint density at radius 3 is 1.50 bits per heavy atom. The van der Waals surface area contributed by atoms with E-state index >= 15 is 0 Å². The molecule has 0 atom stereocenters. The van der Waals surface area contributed by atoms with Crippen molar-refractivity contribution >= 4 is 33.0 Å². The Labute approximate surface area is 88.4 Å². The Balaban J connectivity index is 2.02. The number of furan rings is 2. The van der Waals surface area contributed by atoms with Crippen molar-refractivity contribution in [3.63, 3.8) is 0 Å². The van der Waals surface area contributed by atoms with Crippen molar-refractivity contribution in [2.45, 2.75) is 9.79 Å². The average molecular weight is 228 g/mol. The predicted molar refractivity (Wildman–Crippen MR) is 58.0 cm³/mol. The van der Waals surface area contributed by atoms with Gasteiger partial charge in [-0.2, -0.15) is 0 Å². The van der Waals surface area contributed by atoms with Crippen LogP contribution < -0.4 is 11.5 Å². The van der Waals surface area contributed by atoms with E-state index in [1.54, 1.807) is 12.5 Å². The Bertz CT molecular complexity index is 384. The molecule has 0 unspecified atom stereocenters. The van der Waals surface area contributed by atoms with Gasteiger partial charge in [-0.3, -0.25) is 0 Å². The highest BCUT2D eigenvalue weighted by molar-refractivity contribution is 8.76. The molecule has 6 heteroatoms. The molecule has 4 nitrogen and oxygen atoms in total. The summed E-state index contributed by atoms with van der Waals surface area (Å²) in [5.41, 5.74) is 12.5. The van der Waals surface area contributed by atoms with Gasteiger partial charge in [-0.15, -0.1) is 0 Å². The average Bonchev–Trinajstić information content (AvgIpc) is 2.72. The molecule has 0 spiro atoms. The van der Waals surface area contributed by atoms with E-state index in [0.29, 0.717) is 11.4 Å². The van der Waals surface area contributed by atoms with Crippen LogP contribution in [0.15, 0.2) is 43.7 Å². The zero-order valence-corrected chi connectivity index (χ0v) is 8.73. The van der Waals surface area contributed by atoms with E-state index in [4.69, 9.17) is 20.3 Å². The summed E-state index contributed by atoms with van der Waals surface area (Å²) in [5, 5.41) is 0. The van der Waals surface area contributed by atoms with Crippen molar-refractivity contribution in [2.75, 3.05) is 11.5 Å². The van der Waals surface area contributed by atoms with Crippen molar-refractivity contribution in [1.29, 1.82) is 0 Å². The van der Waals surface area contributed by atoms with Crippen molar-refractivity contribution in [3.8, 4) is 0 Å². The third-order valence-electron chi connectivity index (χ3n) is 1.53. The maximum absolute atomic E-state index is 5.64. The highest BCUT2D eigenvalue weighted by Gasteiger charge is 2.07. The van der Waals surface area contributed by atoms with Crippen LogP contribution in [0.25, 0.3) is 0 Å². The van der Waals surface area contributed by atoms with Crippen LogP contribution in [0.5, 0.6) is 0 Å². The van der Waals surface area contributed by atoms with Crippen LogP contribution in [0.3, 0.4) is 0 Å². The van der Waals surface area contributed by atoms with Gasteiger partial charge in [0, 0.05) is 0 Å². The van der Waals surface area contributed by atoms with E-state index in [-0.39, 0.29) is 0 Å². The second-order valence-electron chi connectivity index (χ2n) is 2.55. The number of rotatable bonds is 3. The van der Waals surface area contributed by atoms with Gasteiger partial charge in [0.1, 0.15) is 25.1 Å². The molecule has 0 aliphatic carbocycles. The van der Waals surface area contributed by atoms with Crippen molar-refractivity contribution < 1.29 is 8.83 Å². The van der Waals surface area contributed by atoms with E-state index in [2.05, 4.69) is 0 Å². The quantitative estimate of drug-likeness (QED) is 0.786. The minimum Gasteiger partial charge on any atom is -0.469 e. The zero-order valence-electron chi connectivity index (χ0n) is 7.10. The molecule has 0 aliphatic heterocycles. The first-order valence-corrected chi connectivity index (χ1v) is 5.90. The fourth-order valence-electron chi connectivity index (χ4n) is 0.816. The Morgan fingerprint density at radius 1 is 0.786 bits per heavy atom. The van der Waals surface area contributed by atoms with Crippen LogP contribution in [-0.4, -0.2) is 0 Å². The first-order chi connectivity index (χ1) is 6.77. The molecule has 14 heavy (non-hydrogen) atoms. The lowest BCUT2D eigenvalue weighted by Gasteiger charge is -1.96. The third-order valence-corrected chi connectivity index (χ3v) is 3.96. The van der Waals surface area contributed by atoms with Crippen LogP contribution in [0.4, 0.5) is 11.4 Å². The molecule has 0 aromatic carbocycles. The van der Waals surface area contributed by atoms with Crippen molar-refractivity contribution in [2.24, 2.45) is 0 Å². The minimum absolute atomic E-state index is 0.629. The van der Waals surface area contributed by atoms with Gasteiger partial charge in [0.25, 0.3) is 0 Å². The summed E-state index contributed by atoms with van der Waals surface area (Å²) >= 11 is 0. The Hall–Kier alpha value is -1.14. The standard InChI is InChI=1S/C8H8N2O2S2/c9-5-1-11-3-7(5)13-14-8-4-12-2-6(8)10/h1-4H,9-10H2. The lowest BCUT2D eigenvalue weighted by molar-refractivity contribution is 0.562. The summed E-state index contributed by atoms with van der Waals surface area (Å²) in [6.07, 6.45) is 6.20. The zero-order chi connectivity index (χ0) is 9.97. The largest absolute Gasteiger partial charge is 0.469 e. The van der Waals surface area contributed by atoms with Gasteiger partial charge in [0.15, 0.2) is 0 Å². The number of nitrogens with two attached hydrogens (primary N) is 2. The van der Waals surface area contributed by atoms with Crippen LogP contribution in [0, 0.1) is 0 Å². The SMILES string of the molecule is Nc1cocc1SSc1cocc1N. The fraction of sp³-hybridized carbons (Fsp3) is 0. The summed E-state index contributed by atoms with van der Waals surface area (Å²) in [5.74, 6) is 0. The molecule has 74 valence electrons. The van der Waals surface area contributed by atoms with E-state index in [1.165, 1.54) is 34.1 Å². The van der Waals surface area contributed by atoms with Crippen LogP contribution in [-0.2, 0) is 0 Å². The predicted octanol–water partition coefficient (Wildman–Crippen LogP) is 2.84. The molecule has 0 bridgehead atoms. The minimum atomic E-state index is 0.629. The molecule has 0 aliphatic rings. The molecule has 4 N–H and O–H groups in total. The van der Waals surface area contributed by atoms with E-state index in [1.807, 2.05) is 0 Å². The lowest BCUT2D eigenvalue weighted by Crippen LogP contribution is -1.82. The fourth-order valence-corrected chi connectivity index (χ4v) is 2.83. The monoisotopic (exact) mass is 228 g/mol. The van der Waals surface area contributed by atoms with E-state index < -0.39 is 0 Å². The van der Waals surface area contributed by atoms with Gasteiger partial charge in [-0.1, -0.05) is 0 Å². The number of anilines is 2. The van der Waals surface area contributed by atoms with E-state index in [9.17, 15) is 0 Å². The number of nitrogen functional groups attached to an aromatic ring is 2. The molecule has 2 heterocycles. The smallest absolute Gasteiger partial charge is 0.114 e. The molecular formula is C8H8N2O2S2. The molecule has 0 saturated heterocycles. The van der Waals surface area contributed by atoms with Crippen LogP contribution in [0.1, 0.15) is 0 Å². The highest BCUT2D eigenvalue weighted by atomic mass is 33.1. The topological polar surface area (TPSA) is 78.3 Å². The summed E-state index contributed by atoms with van der Waals surface area (Å²) < 4.78 is 9.86. The number of hydrogen-bond acceptors (Lipinski definition) is 6. The molecule has 2 aromatic heterocycles. The van der Waals surface area contributed by atoms with Crippen molar-refractivity contribution in [1.82, 2.24) is 0 Å². The molecule has 0 saturated carbocycles. The second-order valence-corrected chi connectivity index (χ2v) is 4.76. The number of hydrogen-bond donors (Lipinski definition) is 2. The molecule has 0 amide bonds. The molecule has 0 fully saturated rings. The molecule has 2 aromatic rings. The molecule has 2 rings (SSSR count). The van der Waals surface area contributed by atoms with E-state index in [0.717, 1.165) is 9.79 Å². The Kier molecular flexibility index (Phi) is 2.64. The summed E-state index contributed by atoms with van der Waals surface area (Å²) in [4.78, 5) is 1.77. The molecule has 0 radical (unpaired) electrons. The first kappa shape index (κ1) is 9.42. The van der Waals surface area contributed by atoms with Gasteiger partial charge in [-0.05, 0) is 21.6 Å². The summed E-state index contributed by atoms with van der Waals surface area (Å²) in [6.45, 7) is 0.